The highest BCUT2D eigenvalue weighted by molar-refractivity contribution is 5.99. The van der Waals surface area contributed by atoms with Crippen molar-refractivity contribution in [3.8, 4) is 0 Å². The topological polar surface area (TPSA) is 79.4 Å². The van der Waals surface area contributed by atoms with Gasteiger partial charge in [0.05, 0.1) is 11.7 Å². The van der Waals surface area contributed by atoms with Crippen LogP contribution in [0.1, 0.15) is 50.7 Å². The lowest BCUT2D eigenvalue weighted by Crippen LogP contribution is -2.16. The fourth-order valence-corrected chi connectivity index (χ4v) is 2.56. The second-order valence-electron chi connectivity index (χ2n) is 5.32. The van der Waals surface area contributed by atoms with Crippen molar-refractivity contribution in [2.75, 3.05) is 6.61 Å². The molecule has 0 spiro atoms. The van der Waals surface area contributed by atoms with Gasteiger partial charge in [0.2, 0.25) is 5.78 Å². The number of nitrogens with one attached hydrogen (secondary N) is 1. The zero-order chi connectivity index (χ0) is 17.1. The van der Waals surface area contributed by atoms with Gasteiger partial charge in [0.25, 0.3) is 0 Å². The van der Waals surface area contributed by atoms with Crippen molar-refractivity contribution in [2.24, 2.45) is 0 Å². The van der Waals surface area contributed by atoms with Crippen LogP contribution in [0.4, 0.5) is 4.39 Å². The summed E-state index contributed by atoms with van der Waals surface area (Å²) in [6.07, 6.45) is -0.729. The zero-order valence-electron chi connectivity index (χ0n) is 13.1. The molecule has 2 rings (SSSR count). The van der Waals surface area contributed by atoms with E-state index in [0.29, 0.717) is 16.8 Å². The molecule has 0 aliphatic carbocycles. The predicted molar refractivity (Wildman–Crippen MR) is 81.9 cm³/mol. The number of esters is 1. The summed E-state index contributed by atoms with van der Waals surface area (Å²) in [6, 6.07) is 5.51. The molecular formula is C17H18FNO4. The largest absolute Gasteiger partial charge is 0.453 e. The molecule has 1 aromatic carbocycles. The summed E-state index contributed by atoms with van der Waals surface area (Å²) >= 11 is 0. The van der Waals surface area contributed by atoms with Gasteiger partial charge in [-0.15, -0.1) is 0 Å². The second-order valence-corrected chi connectivity index (χ2v) is 5.32. The molecular weight excluding hydrogens is 301 g/mol. The minimum atomic E-state index is -0.729. The molecule has 0 fully saturated rings. The molecule has 1 aromatic heterocycles. The summed E-state index contributed by atoms with van der Waals surface area (Å²) in [5.74, 6) is -1.99. The molecule has 0 unspecified atom stereocenters. The Hall–Kier alpha value is -2.47. The normalized spacial score (nSPS) is 12.0. The molecule has 0 amide bonds. The van der Waals surface area contributed by atoms with Crippen molar-refractivity contribution in [1.29, 1.82) is 0 Å². The molecule has 0 bridgehead atoms. The van der Waals surface area contributed by atoms with E-state index in [1.165, 1.54) is 24.3 Å². The molecule has 0 aliphatic rings. The van der Waals surface area contributed by atoms with Crippen LogP contribution in [0.5, 0.6) is 0 Å². The highest BCUT2D eigenvalue weighted by Gasteiger charge is 2.22. The molecule has 1 atom stereocenters. The van der Waals surface area contributed by atoms with E-state index in [9.17, 15) is 19.1 Å². The van der Waals surface area contributed by atoms with Crippen molar-refractivity contribution < 1.29 is 23.8 Å². The third kappa shape index (κ3) is 3.48. The maximum atomic E-state index is 13.5. The maximum absolute atomic E-state index is 13.5. The minimum Gasteiger partial charge on any atom is -0.453 e. The number of benzene rings is 1. The first-order chi connectivity index (χ1) is 10.8. The van der Waals surface area contributed by atoms with Crippen LogP contribution in [0.15, 0.2) is 24.3 Å². The average molecular weight is 319 g/mol. The SMILES string of the molecule is Cc1[nH]c(C(=O)OCC(=O)c2ccccc2F)c(C)c1[C@@H](C)O. The molecule has 5 nitrogen and oxygen atoms in total. The fraction of sp³-hybridized carbons (Fsp3) is 0.294. The first kappa shape index (κ1) is 16.9. The van der Waals surface area contributed by atoms with E-state index >= 15 is 0 Å². The number of ether oxygens (including phenoxy) is 1. The summed E-state index contributed by atoms with van der Waals surface area (Å²) < 4.78 is 18.5. The summed E-state index contributed by atoms with van der Waals surface area (Å²) in [5.41, 5.74) is 1.91. The highest BCUT2D eigenvalue weighted by atomic mass is 19.1. The minimum absolute atomic E-state index is 0.121. The van der Waals surface area contributed by atoms with Crippen LogP contribution in [0.25, 0.3) is 0 Å². The number of rotatable bonds is 5. The monoisotopic (exact) mass is 319 g/mol. The van der Waals surface area contributed by atoms with Crippen LogP contribution in [0, 0.1) is 19.7 Å². The number of carbonyl (C=O) groups is 2. The van der Waals surface area contributed by atoms with E-state index in [1.807, 2.05) is 0 Å². The van der Waals surface area contributed by atoms with Crippen molar-refractivity contribution in [3.63, 3.8) is 0 Å². The summed E-state index contributed by atoms with van der Waals surface area (Å²) in [5, 5.41) is 9.71. The van der Waals surface area contributed by atoms with Gasteiger partial charge in [0.1, 0.15) is 11.5 Å². The quantitative estimate of drug-likeness (QED) is 0.656. The molecule has 122 valence electrons. The van der Waals surface area contributed by atoms with Crippen LogP contribution in [0.3, 0.4) is 0 Å². The Labute approximate surface area is 133 Å². The molecule has 0 saturated heterocycles. The van der Waals surface area contributed by atoms with Crippen LogP contribution >= 0.6 is 0 Å². The number of aliphatic hydroxyl groups is 1. The van der Waals surface area contributed by atoms with E-state index in [0.717, 1.165) is 0 Å². The first-order valence-electron chi connectivity index (χ1n) is 7.15. The fourth-order valence-electron chi connectivity index (χ4n) is 2.56. The van der Waals surface area contributed by atoms with Gasteiger partial charge in [-0.1, -0.05) is 12.1 Å². The molecule has 0 radical (unpaired) electrons. The number of aromatic nitrogens is 1. The van der Waals surface area contributed by atoms with Crippen molar-refractivity contribution in [3.05, 3.63) is 58.2 Å². The lowest BCUT2D eigenvalue weighted by molar-refractivity contribution is 0.0467. The number of aryl methyl sites for hydroxylation is 1. The van der Waals surface area contributed by atoms with E-state index in [1.54, 1.807) is 20.8 Å². The standard InChI is InChI=1S/C17H18FNO4/c1-9-15(11(3)20)10(2)19-16(9)17(22)23-8-14(21)12-6-4-5-7-13(12)18/h4-7,11,19-20H,8H2,1-3H3/t11-/m1/s1. The first-order valence-corrected chi connectivity index (χ1v) is 7.15. The van der Waals surface area contributed by atoms with E-state index in [-0.39, 0.29) is 11.3 Å². The van der Waals surface area contributed by atoms with Crippen LogP contribution in [0.2, 0.25) is 0 Å². The Kier molecular flexibility index (Phi) is 4.95. The number of Topliss-reactive ketones (excluding diaryl/α,β-unsaturated/α-hetero) is 1. The lowest BCUT2D eigenvalue weighted by atomic mass is 10.1. The summed E-state index contributed by atoms with van der Waals surface area (Å²) in [7, 11) is 0. The molecule has 2 N–H and O–H groups in total. The Morgan fingerprint density at radius 3 is 2.52 bits per heavy atom. The van der Waals surface area contributed by atoms with Crippen molar-refractivity contribution >= 4 is 11.8 Å². The number of hydrogen-bond acceptors (Lipinski definition) is 4. The molecule has 23 heavy (non-hydrogen) atoms. The smallest absolute Gasteiger partial charge is 0.355 e. The van der Waals surface area contributed by atoms with Crippen LogP contribution in [-0.2, 0) is 4.74 Å². The Balaban J connectivity index is 2.10. The summed E-state index contributed by atoms with van der Waals surface area (Å²) in [6.45, 7) is 4.46. The van der Waals surface area contributed by atoms with E-state index in [4.69, 9.17) is 4.74 Å². The number of aliphatic hydroxyl groups excluding tert-OH is 1. The third-order valence-electron chi connectivity index (χ3n) is 3.63. The lowest BCUT2D eigenvalue weighted by Gasteiger charge is -2.06. The molecule has 2 aromatic rings. The van der Waals surface area contributed by atoms with Gasteiger partial charge in [-0.25, -0.2) is 9.18 Å². The summed E-state index contributed by atoms with van der Waals surface area (Å²) in [4.78, 5) is 26.8. The van der Waals surface area contributed by atoms with E-state index < -0.39 is 30.3 Å². The van der Waals surface area contributed by atoms with Crippen molar-refractivity contribution in [2.45, 2.75) is 26.9 Å². The number of hydrogen-bond donors (Lipinski definition) is 2. The predicted octanol–water partition coefficient (Wildman–Crippen LogP) is 2.86. The Morgan fingerprint density at radius 1 is 1.30 bits per heavy atom. The Morgan fingerprint density at radius 2 is 1.96 bits per heavy atom. The average Bonchev–Trinajstić information content (AvgIpc) is 2.80. The number of halogens is 1. The number of carbonyl (C=O) groups excluding carboxylic acids is 2. The molecule has 0 aliphatic heterocycles. The maximum Gasteiger partial charge on any atom is 0.355 e. The number of aromatic amines is 1. The third-order valence-corrected chi connectivity index (χ3v) is 3.63. The van der Waals surface area contributed by atoms with Gasteiger partial charge in [0.15, 0.2) is 6.61 Å². The van der Waals surface area contributed by atoms with Gasteiger partial charge in [-0.3, -0.25) is 4.79 Å². The van der Waals surface area contributed by atoms with Crippen LogP contribution < -0.4 is 0 Å². The zero-order valence-corrected chi connectivity index (χ0v) is 13.1. The number of ketones is 1. The van der Waals surface area contributed by atoms with Gasteiger partial charge < -0.3 is 14.8 Å². The second kappa shape index (κ2) is 6.75. The van der Waals surface area contributed by atoms with Gasteiger partial charge in [0, 0.05) is 11.3 Å². The van der Waals surface area contributed by atoms with Crippen molar-refractivity contribution in [1.82, 2.24) is 4.98 Å². The molecule has 0 saturated carbocycles. The highest BCUT2D eigenvalue weighted by Crippen LogP contribution is 2.24. The van der Waals surface area contributed by atoms with Gasteiger partial charge in [-0.05, 0) is 38.5 Å². The Bertz CT molecular complexity index is 749. The number of H-pyrrole nitrogens is 1. The van der Waals surface area contributed by atoms with E-state index in [2.05, 4.69) is 4.98 Å². The molecule has 6 heteroatoms. The van der Waals surface area contributed by atoms with Gasteiger partial charge >= 0.3 is 5.97 Å². The van der Waals surface area contributed by atoms with Gasteiger partial charge in [-0.2, -0.15) is 0 Å². The van der Waals surface area contributed by atoms with Crippen LogP contribution in [-0.4, -0.2) is 28.4 Å². The molecule has 1 heterocycles.